The maximum atomic E-state index is 5.35. The highest BCUT2D eigenvalue weighted by Gasteiger charge is 2.20. The molecule has 0 atom stereocenters. The maximum Gasteiger partial charge on any atom is 0.160 e. The van der Waals surface area contributed by atoms with Crippen LogP contribution in [-0.4, -0.2) is 24.5 Å². The first kappa shape index (κ1) is 34.2. The van der Waals surface area contributed by atoms with Crippen LogP contribution in [0.1, 0.15) is 0 Å². The van der Waals surface area contributed by atoms with Gasteiger partial charge in [0.1, 0.15) is 5.82 Å². The van der Waals surface area contributed by atoms with Crippen molar-refractivity contribution in [3.8, 4) is 73.2 Å². The van der Waals surface area contributed by atoms with E-state index in [1.807, 2.05) is 42.6 Å². The lowest BCUT2D eigenvalue weighted by molar-refractivity contribution is 1.11. The number of hydrogen-bond donors (Lipinski definition) is 0. The Morgan fingerprint density at radius 1 is 0.322 bits per heavy atom. The van der Waals surface area contributed by atoms with Crippen LogP contribution in [-0.2, 0) is 0 Å². The van der Waals surface area contributed by atoms with Gasteiger partial charge in [-0.2, -0.15) is 0 Å². The Labute approximate surface area is 341 Å². The first-order valence-corrected chi connectivity index (χ1v) is 19.8. The fourth-order valence-electron chi connectivity index (χ4n) is 8.16. The molecule has 0 fully saturated rings. The monoisotopic (exact) mass is 753 g/mol. The van der Waals surface area contributed by atoms with Crippen LogP contribution < -0.4 is 0 Å². The molecular formula is C54H35N5. The van der Waals surface area contributed by atoms with E-state index in [4.69, 9.17) is 19.9 Å². The Kier molecular flexibility index (Phi) is 8.41. The van der Waals surface area contributed by atoms with Crippen LogP contribution in [0, 0.1) is 0 Å². The summed E-state index contributed by atoms with van der Waals surface area (Å²) >= 11 is 0. The van der Waals surface area contributed by atoms with Crippen LogP contribution in [0.15, 0.2) is 212 Å². The van der Waals surface area contributed by atoms with Gasteiger partial charge >= 0.3 is 0 Å². The van der Waals surface area contributed by atoms with Crippen LogP contribution in [0.4, 0.5) is 0 Å². The third-order valence-corrected chi connectivity index (χ3v) is 11.1. The zero-order chi connectivity index (χ0) is 39.1. The van der Waals surface area contributed by atoms with Gasteiger partial charge in [-0.15, -0.1) is 0 Å². The second-order valence-corrected chi connectivity index (χ2v) is 14.7. The SMILES string of the molecule is c1ccc(-c2ccc(-c3cc(-c4ccc(-c5ccc(-n6c(-c7ccccc7)nc7c8ccccc8c8ncccc8c76)cc5)cc4)nc(-c4ccccc4)n3)cc2)cc1. The summed E-state index contributed by atoms with van der Waals surface area (Å²) in [5, 5.41) is 3.27. The number of imidazole rings is 1. The Balaban J connectivity index is 0.969. The zero-order valence-electron chi connectivity index (χ0n) is 31.9. The summed E-state index contributed by atoms with van der Waals surface area (Å²) in [5.74, 6) is 1.59. The molecular weight excluding hydrogens is 719 g/mol. The van der Waals surface area contributed by atoms with Gasteiger partial charge < -0.3 is 0 Å². The molecule has 0 N–H and O–H groups in total. The number of nitrogens with zero attached hydrogens (tertiary/aromatic N) is 5. The van der Waals surface area contributed by atoms with Crippen molar-refractivity contribution in [2.45, 2.75) is 0 Å². The van der Waals surface area contributed by atoms with Gasteiger partial charge in [0.25, 0.3) is 0 Å². The lowest BCUT2D eigenvalue weighted by atomic mass is 10.00. The van der Waals surface area contributed by atoms with Crippen LogP contribution in [0.5, 0.6) is 0 Å². The molecule has 0 amide bonds. The first-order chi connectivity index (χ1) is 29.2. The maximum absolute atomic E-state index is 5.35. The van der Waals surface area contributed by atoms with Crippen molar-refractivity contribution in [1.82, 2.24) is 24.5 Å². The van der Waals surface area contributed by atoms with Gasteiger partial charge in [-0.3, -0.25) is 9.55 Å². The van der Waals surface area contributed by atoms with Crippen LogP contribution in [0.3, 0.4) is 0 Å². The predicted octanol–water partition coefficient (Wildman–Crippen LogP) is 13.5. The molecule has 0 radical (unpaired) electrons. The van der Waals surface area contributed by atoms with Crippen LogP contribution in [0.25, 0.3) is 106 Å². The molecule has 11 rings (SSSR count). The smallest absolute Gasteiger partial charge is 0.160 e. The van der Waals surface area contributed by atoms with E-state index in [0.29, 0.717) is 5.82 Å². The number of hydrogen-bond acceptors (Lipinski definition) is 4. The van der Waals surface area contributed by atoms with E-state index in [9.17, 15) is 0 Å². The molecule has 0 unspecified atom stereocenters. The van der Waals surface area contributed by atoms with Gasteiger partial charge in [-0.25, -0.2) is 15.0 Å². The third kappa shape index (κ3) is 6.22. The highest BCUT2D eigenvalue weighted by atomic mass is 15.1. The Bertz CT molecular complexity index is 3270. The van der Waals surface area contributed by atoms with Gasteiger partial charge in [-0.1, -0.05) is 176 Å². The van der Waals surface area contributed by atoms with Gasteiger partial charge in [0, 0.05) is 50.3 Å². The molecule has 8 aromatic carbocycles. The summed E-state index contributed by atoms with van der Waals surface area (Å²) in [6.45, 7) is 0. The van der Waals surface area contributed by atoms with Crippen molar-refractivity contribution in [2.24, 2.45) is 0 Å². The van der Waals surface area contributed by atoms with Crippen molar-refractivity contribution in [2.75, 3.05) is 0 Å². The summed E-state index contributed by atoms with van der Waals surface area (Å²) in [6.07, 6.45) is 1.87. The minimum atomic E-state index is 0.698. The topological polar surface area (TPSA) is 56.5 Å². The van der Waals surface area contributed by atoms with Crippen molar-refractivity contribution >= 4 is 32.7 Å². The molecule has 0 saturated heterocycles. The fraction of sp³-hybridized carbons (Fsp3) is 0. The molecule has 11 aromatic rings. The molecule has 5 heteroatoms. The summed E-state index contributed by atoms with van der Waals surface area (Å²) in [7, 11) is 0. The average molecular weight is 754 g/mol. The van der Waals surface area contributed by atoms with Gasteiger partial charge in [-0.05, 0) is 52.6 Å². The third-order valence-electron chi connectivity index (χ3n) is 11.1. The Hall–Kier alpha value is -8.02. The summed E-state index contributed by atoms with van der Waals surface area (Å²) < 4.78 is 2.29. The number of aromatic nitrogens is 5. The van der Waals surface area contributed by atoms with Crippen molar-refractivity contribution in [3.05, 3.63) is 212 Å². The van der Waals surface area contributed by atoms with E-state index >= 15 is 0 Å². The standard InChI is InChI=1S/C54H35N5/c1-4-13-36(14-5-1)37-22-26-40(27-23-37)48-35-49(57-53(56-48)42-15-6-2-7-16-42)41-28-24-38(25-29-41)39-30-32-44(33-31-39)59-52-47-21-12-34-55-50(47)45-19-10-11-20-46(45)51(52)58-54(59)43-17-8-3-9-18-43/h1-35H. The molecule has 0 saturated carbocycles. The Morgan fingerprint density at radius 3 is 1.34 bits per heavy atom. The first-order valence-electron chi connectivity index (χ1n) is 19.8. The van der Waals surface area contributed by atoms with Gasteiger partial charge in [0.2, 0.25) is 0 Å². The average Bonchev–Trinajstić information content (AvgIpc) is 3.74. The minimum Gasteiger partial charge on any atom is -0.292 e. The molecule has 0 aliphatic rings. The number of fused-ring (bicyclic) bond motifs is 6. The second-order valence-electron chi connectivity index (χ2n) is 14.7. The second kappa shape index (κ2) is 14.5. The van der Waals surface area contributed by atoms with E-state index in [2.05, 4.69) is 174 Å². The molecule has 0 bridgehead atoms. The van der Waals surface area contributed by atoms with Gasteiger partial charge in [0.05, 0.1) is 27.9 Å². The fourth-order valence-corrected chi connectivity index (χ4v) is 8.16. The zero-order valence-corrected chi connectivity index (χ0v) is 31.9. The largest absolute Gasteiger partial charge is 0.292 e. The molecule has 3 heterocycles. The van der Waals surface area contributed by atoms with Gasteiger partial charge in [0.15, 0.2) is 5.82 Å². The highest BCUT2D eigenvalue weighted by molar-refractivity contribution is 6.23. The van der Waals surface area contributed by atoms with E-state index in [1.165, 1.54) is 11.1 Å². The predicted molar refractivity (Wildman–Crippen MR) is 242 cm³/mol. The minimum absolute atomic E-state index is 0.698. The molecule has 5 nitrogen and oxygen atoms in total. The highest BCUT2D eigenvalue weighted by Crippen LogP contribution is 2.39. The lowest BCUT2D eigenvalue weighted by Crippen LogP contribution is -1.98. The molecule has 59 heavy (non-hydrogen) atoms. The van der Waals surface area contributed by atoms with Crippen LogP contribution >= 0.6 is 0 Å². The summed E-state index contributed by atoms with van der Waals surface area (Å²) in [6, 6.07) is 71.8. The molecule has 0 aliphatic heterocycles. The number of pyridine rings is 1. The molecule has 276 valence electrons. The molecule has 0 spiro atoms. The summed E-state index contributed by atoms with van der Waals surface area (Å²) in [4.78, 5) is 20.3. The molecule has 0 aliphatic carbocycles. The number of benzene rings is 8. The normalized spacial score (nSPS) is 11.4. The van der Waals surface area contributed by atoms with Crippen molar-refractivity contribution in [3.63, 3.8) is 0 Å². The van der Waals surface area contributed by atoms with Crippen molar-refractivity contribution in [1.29, 1.82) is 0 Å². The Morgan fingerprint density at radius 2 is 0.763 bits per heavy atom. The van der Waals surface area contributed by atoms with E-state index in [1.54, 1.807) is 0 Å². The quantitative estimate of drug-likeness (QED) is 0.152. The molecule has 3 aromatic heterocycles. The van der Waals surface area contributed by atoms with Crippen molar-refractivity contribution < 1.29 is 0 Å². The number of rotatable bonds is 7. The van der Waals surface area contributed by atoms with Crippen LogP contribution in [0.2, 0.25) is 0 Å². The van der Waals surface area contributed by atoms with E-state index < -0.39 is 0 Å². The van der Waals surface area contributed by atoms with E-state index in [-0.39, 0.29) is 0 Å². The van der Waals surface area contributed by atoms with E-state index in [0.717, 1.165) is 89.0 Å². The lowest BCUT2D eigenvalue weighted by Gasteiger charge is -2.13. The summed E-state index contributed by atoms with van der Waals surface area (Å²) in [5.41, 5.74) is 14.5.